The number of aromatic nitrogens is 4. The molecule has 0 aliphatic carbocycles. The smallest absolute Gasteiger partial charge is 0.258 e. The van der Waals surface area contributed by atoms with E-state index in [1.165, 1.54) is 4.80 Å². The molecule has 4 aromatic rings. The highest BCUT2D eigenvalue weighted by atomic mass is 16.5. The summed E-state index contributed by atoms with van der Waals surface area (Å²) < 4.78 is 5.20. The molecule has 7 heteroatoms. The van der Waals surface area contributed by atoms with Gasteiger partial charge in [-0.2, -0.15) is 4.80 Å². The number of hydrogen-bond donors (Lipinski definition) is 0. The van der Waals surface area contributed by atoms with Crippen molar-refractivity contribution in [2.75, 3.05) is 12.0 Å². The third-order valence-electron chi connectivity index (χ3n) is 5.83. The summed E-state index contributed by atoms with van der Waals surface area (Å²) in [5.41, 5.74) is 4.92. The third-order valence-corrected chi connectivity index (χ3v) is 5.83. The summed E-state index contributed by atoms with van der Waals surface area (Å²) >= 11 is 0. The van der Waals surface area contributed by atoms with Gasteiger partial charge in [-0.3, -0.25) is 9.69 Å². The topological polar surface area (TPSA) is 73.1 Å². The molecule has 1 amide bonds. The second-order valence-electron chi connectivity index (χ2n) is 7.77. The van der Waals surface area contributed by atoms with E-state index >= 15 is 0 Å². The number of benzene rings is 3. The molecule has 0 radical (unpaired) electrons. The maximum Gasteiger partial charge on any atom is 0.258 e. The number of amides is 1. The van der Waals surface area contributed by atoms with Crippen LogP contribution in [0.2, 0.25) is 0 Å². The van der Waals surface area contributed by atoms with E-state index < -0.39 is 6.04 Å². The first-order valence-electron chi connectivity index (χ1n) is 10.6. The molecule has 7 nitrogen and oxygen atoms in total. The van der Waals surface area contributed by atoms with Crippen molar-refractivity contribution in [3.05, 3.63) is 83.9 Å². The van der Waals surface area contributed by atoms with Crippen molar-refractivity contribution in [3.8, 4) is 17.1 Å². The Labute approximate surface area is 186 Å². The monoisotopic (exact) mass is 425 g/mol. The van der Waals surface area contributed by atoms with E-state index in [0.29, 0.717) is 5.82 Å². The summed E-state index contributed by atoms with van der Waals surface area (Å²) in [6.07, 6.45) is 1.77. The lowest BCUT2D eigenvalue weighted by atomic mass is 10.0. The Morgan fingerprint density at radius 3 is 2.09 bits per heavy atom. The van der Waals surface area contributed by atoms with Gasteiger partial charge in [0, 0.05) is 5.56 Å². The van der Waals surface area contributed by atoms with Crippen LogP contribution < -0.4 is 9.64 Å². The van der Waals surface area contributed by atoms with Crippen LogP contribution in [0.25, 0.3) is 11.4 Å². The Balaban J connectivity index is 1.50. The van der Waals surface area contributed by atoms with Crippen molar-refractivity contribution < 1.29 is 9.53 Å². The predicted octanol–water partition coefficient (Wildman–Crippen LogP) is 4.37. The molecule has 2 heterocycles. The molecule has 0 saturated carbocycles. The molecule has 0 saturated heterocycles. The van der Waals surface area contributed by atoms with Crippen LogP contribution in [-0.4, -0.2) is 33.2 Å². The van der Waals surface area contributed by atoms with Gasteiger partial charge in [0.05, 0.1) is 18.5 Å². The maximum atomic E-state index is 13.8. The highest BCUT2D eigenvalue weighted by Gasteiger charge is 2.31. The van der Waals surface area contributed by atoms with E-state index in [-0.39, 0.29) is 5.91 Å². The van der Waals surface area contributed by atoms with Crippen LogP contribution in [0.5, 0.6) is 5.75 Å². The number of aryl methyl sites for hydroxylation is 2. The summed E-state index contributed by atoms with van der Waals surface area (Å²) in [4.78, 5) is 17.0. The number of carbonyl (C=O) groups is 1. The molecule has 3 aromatic carbocycles. The molecule has 1 aromatic heterocycles. The Hall–Kier alpha value is -4.00. The molecule has 0 spiro atoms. The Morgan fingerprint density at radius 1 is 0.906 bits per heavy atom. The number of anilines is 2. The van der Waals surface area contributed by atoms with Gasteiger partial charge in [0.25, 0.3) is 5.91 Å². The van der Waals surface area contributed by atoms with Gasteiger partial charge in [0.2, 0.25) is 5.82 Å². The molecule has 1 aliphatic heterocycles. The second kappa shape index (κ2) is 8.26. The van der Waals surface area contributed by atoms with E-state index in [0.717, 1.165) is 46.7 Å². The van der Waals surface area contributed by atoms with Crippen LogP contribution in [0.4, 0.5) is 11.4 Å². The number of hydrogen-bond acceptors (Lipinski definition) is 5. The minimum Gasteiger partial charge on any atom is -0.497 e. The van der Waals surface area contributed by atoms with Crippen LogP contribution >= 0.6 is 0 Å². The van der Waals surface area contributed by atoms with Crippen molar-refractivity contribution in [1.82, 2.24) is 20.2 Å². The fourth-order valence-electron chi connectivity index (χ4n) is 4.05. The molecule has 0 unspecified atom stereocenters. The van der Waals surface area contributed by atoms with Gasteiger partial charge < -0.3 is 4.74 Å². The van der Waals surface area contributed by atoms with Crippen LogP contribution in [0.1, 0.15) is 24.1 Å². The highest BCUT2D eigenvalue weighted by Crippen LogP contribution is 2.37. The van der Waals surface area contributed by atoms with Crippen LogP contribution in [0, 0.1) is 0 Å². The number of ether oxygens (including phenoxy) is 1. The zero-order valence-corrected chi connectivity index (χ0v) is 18.0. The van der Waals surface area contributed by atoms with Crippen LogP contribution in [-0.2, 0) is 17.6 Å². The summed E-state index contributed by atoms with van der Waals surface area (Å²) in [5, 5.41) is 12.8. The SMILES string of the molecule is COc1ccc(-c2nnn([C@H](C)C(=O)N3c4ccccc4CCc4ccccc43)n2)cc1. The van der Waals surface area contributed by atoms with Crippen molar-refractivity contribution >= 4 is 17.3 Å². The minimum atomic E-state index is -0.631. The molecule has 1 aliphatic rings. The van der Waals surface area contributed by atoms with Gasteiger partial charge >= 0.3 is 0 Å². The van der Waals surface area contributed by atoms with Gasteiger partial charge in [0.15, 0.2) is 0 Å². The maximum absolute atomic E-state index is 13.8. The molecule has 0 fully saturated rings. The molecule has 0 bridgehead atoms. The first-order chi connectivity index (χ1) is 15.7. The number of rotatable bonds is 4. The Bertz CT molecular complexity index is 1220. The predicted molar refractivity (Wildman–Crippen MR) is 122 cm³/mol. The number of para-hydroxylation sites is 2. The molecule has 32 heavy (non-hydrogen) atoms. The number of tetrazole rings is 1. The zero-order chi connectivity index (χ0) is 22.1. The van der Waals surface area contributed by atoms with Gasteiger partial charge in [-0.1, -0.05) is 36.4 Å². The van der Waals surface area contributed by atoms with Gasteiger partial charge in [-0.15, -0.1) is 10.2 Å². The second-order valence-corrected chi connectivity index (χ2v) is 7.77. The van der Waals surface area contributed by atoms with Crippen molar-refractivity contribution in [3.63, 3.8) is 0 Å². The van der Waals surface area contributed by atoms with E-state index in [9.17, 15) is 4.79 Å². The lowest BCUT2D eigenvalue weighted by molar-refractivity contribution is -0.121. The molecule has 160 valence electrons. The van der Waals surface area contributed by atoms with E-state index in [2.05, 4.69) is 27.5 Å². The van der Waals surface area contributed by atoms with Crippen LogP contribution in [0.15, 0.2) is 72.8 Å². The van der Waals surface area contributed by atoms with Gasteiger partial charge in [-0.25, -0.2) is 0 Å². The van der Waals surface area contributed by atoms with Crippen molar-refractivity contribution in [2.45, 2.75) is 25.8 Å². The average Bonchev–Trinajstić information content (AvgIpc) is 3.27. The van der Waals surface area contributed by atoms with Crippen LogP contribution in [0.3, 0.4) is 0 Å². The average molecular weight is 425 g/mol. The molecule has 0 N–H and O–H groups in total. The summed E-state index contributed by atoms with van der Waals surface area (Å²) in [7, 11) is 1.62. The number of nitrogens with zero attached hydrogens (tertiary/aromatic N) is 5. The third kappa shape index (κ3) is 3.51. The first kappa shape index (κ1) is 19.9. The number of carbonyl (C=O) groups excluding carboxylic acids is 1. The van der Waals surface area contributed by atoms with E-state index in [4.69, 9.17) is 4.74 Å². The number of methoxy groups -OCH3 is 1. The summed E-state index contributed by atoms with van der Waals surface area (Å²) in [5.74, 6) is 1.11. The van der Waals surface area contributed by atoms with Gasteiger partial charge in [-0.05, 0) is 72.5 Å². The standard InChI is InChI=1S/C25H23N5O2/c1-17(30-27-24(26-28-30)20-13-15-21(32-2)16-14-20)25(31)29-22-9-5-3-7-18(22)11-12-19-8-4-6-10-23(19)29/h3-10,13-17H,11-12H2,1-2H3/t17-/m1/s1. The largest absolute Gasteiger partial charge is 0.497 e. The minimum absolute atomic E-state index is 0.106. The fraction of sp³-hybridized carbons (Fsp3) is 0.200. The van der Waals surface area contributed by atoms with Gasteiger partial charge in [0.1, 0.15) is 11.8 Å². The first-order valence-corrected chi connectivity index (χ1v) is 10.6. The Kier molecular flexibility index (Phi) is 5.15. The lowest BCUT2D eigenvalue weighted by Crippen LogP contribution is -2.34. The van der Waals surface area contributed by atoms with E-state index in [1.807, 2.05) is 60.7 Å². The van der Waals surface area contributed by atoms with E-state index in [1.54, 1.807) is 18.9 Å². The lowest BCUT2D eigenvalue weighted by Gasteiger charge is -2.27. The molecule has 1 atom stereocenters. The Morgan fingerprint density at radius 2 is 1.50 bits per heavy atom. The molecular weight excluding hydrogens is 402 g/mol. The highest BCUT2D eigenvalue weighted by molar-refractivity contribution is 6.04. The normalized spacial score (nSPS) is 13.6. The fourth-order valence-corrected chi connectivity index (χ4v) is 4.05. The zero-order valence-electron chi connectivity index (χ0n) is 18.0. The molecular formula is C25H23N5O2. The summed E-state index contributed by atoms with van der Waals surface area (Å²) in [6.45, 7) is 1.80. The molecule has 5 rings (SSSR count). The van der Waals surface area contributed by atoms with Crippen molar-refractivity contribution in [2.24, 2.45) is 0 Å². The number of fused-ring (bicyclic) bond motifs is 2. The summed E-state index contributed by atoms with van der Waals surface area (Å²) in [6, 6.07) is 22.9. The quantitative estimate of drug-likeness (QED) is 0.485. The van der Waals surface area contributed by atoms with Crippen molar-refractivity contribution in [1.29, 1.82) is 0 Å².